The summed E-state index contributed by atoms with van der Waals surface area (Å²) in [6.45, 7) is 2.54. The number of nitrogens with zero attached hydrogens (tertiary/aromatic N) is 2. The minimum atomic E-state index is -1.08. The molecule has 2 aliphatic rings. The molecule has 0 radical (unpaired) electrons. The molecule has 2 atom stereocenters. The van der Waals surface area contributed by atoms with Gasteiger partial charge >= 0.3 is 11.9 Å². The molecule has 6 rings (SSSR count). The summed E-state index contributed by atoms with van der Waals surface area (Å²) in [4.78, 5) is 29.7. The minimum absolute atomic E-state index is 0.0673. The summed E-state index contributed by atoms with van der Waals surface area (Å²) in [6.07, 6.45) is 9.04. The van der Waals surface area contributed by atoms with Crippen molar-refractivity contribution < 1.29 is 38.8 Å². The number of likely N-dealkylation sites (tertiary alicyclic amines) is 1. The van der Waals surface area contributed by atoms with Crippen LogP contribution in [0.3, 0.4) is 0 Å². The molecule has 4 aromatic rings. The number of benzene rings is 2. The van der Waals surface area contributed by atoms with E-state index in [-0.39, 0.29) is 40.0 Å². The van der Waals surface area contributed by atoms with Crippen molar-refractivity contribution >= 4 is 46.5 Å². The van der Waals surface area contributed by atoms with Crippen molar-refractivity contribution in [1.82, 2.24) is 10.2 Å². The number of nitrogens with one attached hydrogen (secondary N) is 1. The van der Waals surface area contributed by atoms with Crippen molar-refractivity contribution in [2.45, 2.75) is 69.6 Å². The highest BCUT2D eigenvalue weighted by atomic mass is 35.5. The standard InChI is InChI=1S/C40H45Cl2N3O7S/c1-44-16-14-25(15-17-44)24-51-40(48)37(26-8-4-3-5-9-26)43-21-29-19-31(38(53-29)39(46)47)30(20-32-33(41)22-45(49)23-34(32)42)27-12-13-35(50-2)36(18-27)52-28-10-6-7-11-28/h3-5,8-9,12-13,18-19,22-23,25,28,30,37,43H,6-7,10-11,14-17,20-21,24H2,1-2H3,(H-,46,47,49)/p+1. The largest absolute Gasteiger partial charge is 0.493 e. The van der Waals surface area contributed by atoms with Crippen molar-refractivity contribution in [2.24, 2.45) is 5.92 Å². The number of esters is 1. The Morgan fingerprint density at radius 1 is 0.981 bits per heavy atom. The smallest absolute Gasteiger partial charge is 0.346 e. The number of piperidine rings is 1. The van der Waals surface area contributed by atoms with Crippen LogP contribution in [0.25, 0.3) is 0 Å². The van der Waals surface area contributed by atoms with Crippen LogP contribution >= 0.6 is 34.5 Å². The van der Waals surface area contributed by atoms with Crippen molar-refractivity contribution in [1.29, 1.82) is 0 Å². The van der Waals surface area contributed by atoms with E-state index in [9.17, 15) is 19.9 Å². The maximum Gasteiger partial charge on any atom is 0.346 e. The number of rotatable bonds is 15. The van der Waals surface area contributed by atoms with E-state index in [0.717, 1.165) is 83.7 Å². The van der Waals surface area contributed by atoms with Crippen LogP contribution in [-0.2, 0) is 22.5 Å². The summed E-state index contributed by atoms with van der Waals surface area (Å²) < 4.78 is 18.8. The highest BCUT2D eigenvalue weighted by Gasteiger charge is 2.30. The molecule has 1 saturated heterocycles. The number of hydrogen-bond donors (Lipinski definition) is 3. The van der Waals surface area contributed by atoms with E-state index in [2.05, 4.69) is 17.3 Å². The fourth-order valence-electron chi connectivity index (χ4n) is 7.20. The van der Waals surface area contributed by atoms with Gasteiger partial charge in [-0.05, 0) is 106 Å². The third-order valence-corrected chi connectivity index (χ3v) is 12.0. The second-order valence-electron chi connectivity index (χ2n) is 13.9. The average molecular weight is 784 g/mol. The Morgan fingerprint density at radius 2 is 1.68 bits per heavy atom. The van der Waals surface area contributed by atoms with Gasteiger partial charge in [0.25, 0.3) is 0 Å². The lowest BCUT2D eigenvalue weighted by Gasteiger charge is -2.29. The first-order valence-corrected chi connectivity index (χ1v) is 19.6. The molecule has 2 fully saturated rings. The van der Waals surface area contributed by atoms with Crippen LogP contribution in [0.2, 0.25) is 10.0 Å². The molecular formula is C40H46Cl2N3O7S+. The van der Waals surface area contributed by atoms with Crippen molar-refractivity contribution in [2.75, 3.05) is 33.9 Å². The van der Waals surface area contributed by atoms with E-state index in [0.29, 0.717) is 35.2 Å². The summed E-state index contributed by atoms with van der Waals surface area (Å²) in [6, 6.07) is 16.2. The molecule has 0 spiro atoms. The highest BCUT2D eigenvalue weighted by Crippen LogP contribution is 2.42. The fraction of sp³-hybridized carbons (Fsp3) is 0.425. The van der Waals surface area contributed by atoms with Crippen LogP contribution in [0, 0.1) is 5.92 Å². The zero-order chi connectivity index (χ0) is 37.5. The first-order chi connectivity index (χ1) is 25.6. The van der Waals surface area contributed by atoms with Gasteiger partial charge in [-0.3, -0.25) is 10.5 Å². The summed E-state index contributed by atoms with van der Waals surface area (Å²) >= 11 is 14.4. The summed E-state index contributed by atoms with van der Waals surface area (Å²) in [5, 5.41) is 24.5. The Bertz CT molecular complexity index is 1850. The predicted octanol–water partition coefficient (Wildman–Crippen LogP) is 7.70. The second kappa shape index (κ2) is 18.0. The third-order valence-electron chi connectivity index (χ3n) is 10.2. The first kappa shape index (κ1) is 38.8. The molecule has 3 heterocycles. The molecule has 2 aromatic carbocycles. The number of methoxy groups -OCH3 is 1. The van der Waals surface area contributed by atoms with Gasteiger partial charge in [0.15, 0.2) is 11.5 Å². The van der Waals surface area contributed by atoms with E-state index in [1.165, 1.54) is 12.4 Å². The molecule has 53 heavy (non-hydrogen) atoms. The van der Waals surface area contributed by atoms with Crippen LogP contribution < -0.4 is 19.5 Å². The van der Waals surface area contributed by atoms with Crippen molar-refractivity contribution in [3.05, 3.63) is 109 Å². The van der Waals surface area contributed by atoms with Gasteiger partial charge in [0.2, 0.25) is 12.4 Å². The van der Waals surface area contributed by atoms with Gasteiger partial charge in [-0.15, -0.1) is 11.3 Å². The van der Waals surface area contributed by atoms with Gasteiger partial charge in [-0.2, -0.15) is 0 Å². The molecule has 1 aliphatic heterocycles. The van der Waals surface area contributed by atoms with Gasteiger partial charge in [0, 0.05) is 27.6 Å². The maximum atomic E-state index is 13.6. The number of halogens is 2. The number of aromatic nitrogens is 1. The number of thiophene rings is 1. The molecule has 0 amide bonds. The number of ether oxygens (including phenoxy) is 3. The summed E-state index contributed by atoms with van der Waals surface area (Å²) in [7, 11) is 3.69. The zero-order valence-corrected chi connectivity index (χ0v) is 32.3. The van der Waals surface area contributed by atoms with Crippen LogP contribution in [-0.4, -0.2) is 67.1 Å². The predicted molar refractivity (Wildman–Crippen MR) is 204 cm³/mol. The molecule has 2 aromatic heterocycles. The Labute approximate surface area is 324 Å². The maximum absolute atomic E-state index is 13.6. The lowest BCUT2D eigenvalue weighted by atomic mass is 9.85. The van der Waals surface area contributed by atoms with Crippen molar-refractivity contribution in [3.63, 3.8) is 0 Å². The average Bonchev–Trinajstić information content (AvgIpc) is 3.82. The van der Waals surface area contributed by atoms with E-state index in [1.54, 1.807) is 7.11 Å². The summed E-state index contributed by atoms with van der Waals surface area (Å²) in [5.41, 5.74) is 2.66. The van der Waals surface area contributed by atoms with E-state index < -0.39 is 17.9 Å². The van der Waals surface area contributed by atoms with Crippen LogP contribution in [0.1, 0.15) is 87.3 Å². The number of aromatic carboxylic acids is 1. The van der Waals surface area contributed by atoms with Crippen LogP contribution in [0.15, 0.2) is 67.0 Å². The number of carbonyl (C=O) groups excluding carboxylic acids is 1. The Hall–Kier alpha value is -3.87. The molecule has 282 valence electrons. The van der Waals surface area contributed by atoms with E-state index in [1.807, 2.05) is 54.6 Å². The Morgan fingerprint density at radius 3 is 2.34 bits per heavy atom. The van der Waals surface area contributed by atoms with Gasteiger partial charge < -0.3 is 24.2 Å². The van der Waals surface area contributed by atoms with Crippen LogP contribution in [0.5, 0.6) is 11.5 Å². The molecule has 3 N–H and O–H groups in total. The number of hydrogen-bond acceptors (Lipinski definition) is 9. The molecule has 10 nitrogen and oxygen atoms in total. The minimum Gasteiger partial charge on any atom is -0.493 e. The van der Waals surface area contributed by atoms with Gasteiger partial charge in [-0.25, -0.2) is 9.59 Å². The van der Waals surface area contributed by atoms with Crippen molar-refractivity contribution in [3.8, 4) is 11.5 Å². The number of carboxylic acids is 1. The SMILES string of the molecule is COc1ccc(C(Cc2c(Cl)c[n+](O)cc2Cl)c2cc(CNC(C(=O)OCC3CCN(C)CC3)c3ccccc3)sc2C(=O)O)cc1OC1CCCC1. The second-order valence-corrected chi connectivity index (χ2v) is 15.9. The monoisotopic (exact) mass is 782 g/mol. The molecular weight excluding hydrogens is 737 g/mol. The molecule has 0 bridgehead atoms. The van der Waals surface area contributed by atoms with Gasteiger partial charge in [-0.1, -0.05) is 59.6 Å². The topological polar surface area (TPSA) is 121 Å². The van der Waals surface area contributed by atoms with Gasteiger partial charge in [0.1, 0.15) is 21.0 Å². The normalized spacial score (nSPS) is 16.7. The third kappa shape index (κ3) is 9.82. The van der Waals surface area contributed by atoms with E-state index in [4.69, 9.17) is 37.4 Å². The molecule has 2 unspecified atom stereocenters. The van der Waals surface area contributed by atoms with E-state index >= 15 is 0 Å². The number of carboxylic acid groups (broad SMARTS) is 1. The first-order valence-electron chi connectivity index (χ1n) is 18.0. The fourth-order valence-corrected chi connectivity index (χ4v) is 8.82. The van der Waals surface area contributed by atoms with Crippen LogP contribution in [0.4, 0.5) is 0 Å². The molecule has 13 heteroatoms. The summed E-state index contributed by atoms with van der Waals surface area (Å²) in [5.74, 6) is -0.494. The highest BCUT2D eigenvalue weighted by molar-refractivity contribution is 7.14. The lowest BCUT2D eigenvalue weighted by Crippen LogP contribution is -2.34. The lowest BCUT2D eigenvalue weighted by molar-refractivity contribution is -0.904. The van der Waals surface area contributed by atoms with Gasteiger partial charge in [0.05, 0.1) is 19.8 Å². The number of pyridine rings is 1. The molecule has 1 saturated carbocycles. The quantitative estimate of drug-likeness (QED) is 0.0633. The Kier molecular flexibility index (Phi) is 13.2. The number of carbonyl (C=O) groups is 2. The molecule has 1 aliphatic carbocycles. The Balaban J connectivity index is 1.32. The zero-order valence-electron chi connectivity index (χ0n) is 29.9.